The van der Waals surface area contributed by atoms with Crippen molar-refractivity contribution in [3.05, 3.63) is 24.3 Å². The highest BCUT2D eigenvalue weighted by Crippen LogP contribution is 2.29. The van der Waals surface area contributed by atoms with E-state index in [1.54, 1.807) is 0 Å². The molecule has 0 radical (unpaired) electrons. The fourth-order valence-corrected chi connectivity index (χ4v) is 3.05. The van der Waals surface area contributed by atoms with E-state index in [1.807, 2.05) is 31.2 Å². The number of hydrogen-bond donors (Lipinski definition) is 2. The maximum absolute atomic E-state index is 12.1. The van der Waals surface area contributed by atoms with E-state index in [0.29, 0.717) is 32.6 Å². The lowest BCUT2D eigenvalue weighted by Gasteiger charge is -2.28. The monoisotopic (exact) mass is 356 g/mol. The fraction of sp³-hybridized carbons (Fsp3) is 0.611. The predicted octanol–water partition coefficient (Wildman–Crippen LogP) is 3.05. The van der Waals surface area contributed by atoms with E-state index in [2.05, 4.69) is 5.32 Å². The van der Waals surface area contributed by atoms with E-state index in [0.717, 1.165) is 37.2 Å². The van der Waals surface area contributed by atoms with Crippen molar-refractivity contribution >= 4 is 18.3 Å². The molecule has 3 N–H and O–H groups in total. The van der Waals surface area contributed by atoms with Gasteiger partial charge in [0.2, 0.25) is 5.91 Å². The first-order valence-electron chi connectivity index (χ1n) is 8.55. The molecule has 1 aromatic carbocycles. The first-order valence-corrected chi connectivity index (χ1v) is 8.55. The molecular formula is C18H29ClN2O3. The second kappa shape index (κ2) is 10.4. The molecule has 24 heavy (non-hydrogen) atoms. The molecular weight excluding hydrogens is 328 g/mol. The van der Waals surface area contributed by atoms with Crippen LogP contribution in [0.4, 0.5) is 0 Å². The Kier molecular flexibility index (Phi) is 8.93. The maximum Gasteiger partial charge on any atom is 0.220 e. The summed E-state index contributed by atoms with van der Waals surface area (Å²) in [7, 11) is 0. The summed E-state index contributed by atoms with van der Waals surface area (Å²) in [6.45, 7) is 3.56. The molecule has 0 unspecified atom stereocenters. The lowest BCUT2D eigenvalue weighted by Crippen LogP contribution is -2.51. The SMILES string of the molecule is CCOc1ccccc1OCCCC(=O)NC1(CN)CCCC1.Cl. The van der Waals surface area contributed by atoms with Gasteiger partial charge in [-0.1, -0.05) is 25.0 Å². The van der Waals surface area contributed by atoms with Gasteiger partial charge in [0.25, 0.3) is 0 Å². The molecule has 0 heterocycles. The molecule has 1 saturated carbocycles. The average Bonchev–Trinajstić information content (AvgIpc) is 3.02. The van der Waals surface area contributed by atoms with Crippen LogP contribution in [0.1, 0.15) is 45.4 Å². The van der Waals surface area contributed by atoms with Gasteiger partial charge in [-0.25, -0.2) is 0 Å². The second-order valence-electron chi connectivity index (χ2n) is 6.07. The first kappa shape index (κ1) is 20.6. The highest BCUT2D eigenvalue weighted by molar-refractivity contribution is 5.85. The molecule has 2 rings (SSSR count). The Morgan fingerprint density at radius 1 is 1.21 bits per heavy atom. The van der Waals surface area contributed by atoms with Crippen LogP contribution < -0.4 is 20.5 Å². The Bertz CT molecular complexity index is 505. The van der Waals surface area contributed by atoms with Crippen LogP contribution in [0, 0.1) is 0 Å². The van der Waals surface area contributed by atoms with Crippen LogP contribution in [0.15, 0.2) is 24.3 Å². The Balaban J connectivity index is 0.00000288. The Morgan fingerprint density at radius 3 is 2.42 bits per heavy atom. The molecule has 1 aliphatic rings. The van der Waals surface area contributed by atoms with Crippen LogP contribution in [-0.4, -0.2) is 31.2 Å². The highest BCUT2D eigenvalue weighted by atomic mass is 35.5. The normalized spacial score (nSPS) is 15.4. The molecule has 0 bridgehead atoms. The summed E-state index contributed by atoms with van der Waals surface area (Å²) < 4.78 is 11.2. The summed E-state index contributed by atoms with van der Waals surface area (Å²) in [6, 6.07) is 7.60. The topological polar surface area (TPSA) is 73.6 Å². The zero-order chi connectivity index (χ0) is 16.5. The minimum atomic E-state index is -0.167. The van der Waals surface area contributed by atoms with Gasteiger partial charge in [0.1, 0.15) is 0 Å². The number of benzene rings is 1. The summed E-state index contributed by atoms with van der Waals surface area (Å²) in [5, 5.41) is 3.13. The Morgan fingerprint density at radius 2 is 1.83 bits per heavy atom. The van der Waals surface area contributed by atoms with Gasteiger partial charge in [0.05, 0.1) is 18.8 Å². The minimum Gasteiger partial charge on any atom is -0.490 e. The molecule has 0 saturated heterocycles. The van der Waals surface area contributed by atoms with Gasteiger partial charge in [-0.2, -0.15) is 0 Å². The highest BCUT2D eigenvalue weighted by Gasteiger charge is 2.33. The number of amides is 1. The van der Waals surface area contributed by atoms with Crippen molar-refractivity contribution in [2.75, 3.05) is 19.8 Å². The molecule has 6 heteroatoms. The molecule has 0 aliphatic heterocycles. The molecule has 5 nitrogen and oxygen atoms in total. The Labute approximate surface area is 150 Å². The van der Waals surface area contributed by atoms with Crippen molar-refractivity contribution in [1.29, 1.82) is 0 Å². The van der Waals surface area contributed by atoms with Gasteiger partial charge in [0, 0.05) is 13.0 Å². The number of ether oxygens (including phenoxy) is 2. The molecule has 136 valence electrons. The number of halogens is 1. The number of carbonyl (C=O) groups excluding carboxylic acids is 1. The number of rotatable bonds is 9. The van der Waals surface area contributed by atoms with Gasteiger partial charge >= 0.3 is 0 Å². The molecule has 0 aromatic heterocycles. The third-order valence-corrected chi connectivity index (χ3v) is 4.31. The van der Waals surface area contributed by atoms with Gasteiger partial charge in [0.15, 0.2) is 11.5 Å². The lowest BCUT2D eigenvalue weighted by molar-refractivity contribution is -0.123. The zero-order valence-electron chi connectivity index (χ0n) is 14.4. The van der Waals surface area contributed by atoms with Gasteiger partial charge in [-0.15, -0.1) is 12.4 Å². The fourth-order valence-electron chi connectivity index (χ4n) is 3.05. The van der Waals surface area contributed by atoms with Crippen LogP contribution in [0.3, 0.4) is 0 Å². The molecule has 1 aliphatic carbocycles. The molecule has 1 fully saturated rings. The van der Waals surface area contributed by atoms with Crippen molar-refractivity contribution in [3.8, 4) is 11.5 Å². The van der Waals surface area contributed by atoms with Crippen molar-refractivity contribution in [2.45, 2.75) is 51.0 Å². The smallest absolute Gasteiger partial charge is 0.220 e. The maximum atomic E-state index is 12.1. The number of nitrogens with one attached hydrogen (secondary N) is 1. The summed E-state index contributed by atoms with van der Waals surface area (Å²) in [5.41, 5.74) is 5.67. The molecule has 1 amide bonds. The van der Waals surface area contributed by atoms with Crippen LogP contribution >= 0.6 is 12.4 Å². The zero-order valence-corrected chi connectivity index (χ0v) is 15.2. The van der Waals surface area contributed by atoms with Crippen molar-refractivity contribution in [2.24, 2.45) is 5.73 Å². The van der Waals surface area contributed by atoms with E-state index < -0.39 is 0 Å². The average molecular weight is 357 g/mol. The van der Waals surface area contributed by atoms with Crippen LogP contribution in [0.25, 0.3) is 0 Å². The molecule has 1 aromatic rings. The van der Waals surface area contributed by atoms with Gasteiger partial charge in [-0.3, -0.25) is 4.79 Å². The van der Waals surface area contributed by atoms with Crippen LogP contribution in [0.2, 0.25) is 0 Å². The van der Waals surface area contributed by atoms with Crippen molar-refractivity contribution < 1.29 is 14.3 Å². The second-order valence-corrected chi connectivity index (χ2v) is 6.07. The van der Waals surface area contributed by atoms with E-state index >= 15 is 0 Å². The predicted molar refractivity (Wildman–Crippen MR) is 98.0 cm³/mol. The summed E-state index contributed by atoms with van der Waals surface area (Å²) in [4.78, 5) is 12.1. The standard InChI is InChI=1S/C18H28N2O3.ClH/c1-2-22-15-8-3-4-9-16(15)23-13-7-10-17(21)20-18(14-19)11-5-6-12-18;/h3-4,8-9H,2,5-7,10-14,19H2,1H3,(H,20,21);1H. The largest absolute Gasteiger partial charge is 0.490 e. The van der Waals surface area contributed by atoms with E-state index in [-0.39, 0.29) is 23.9 Å². The quantitative estimate of drug-likeness (QED) is 0.667. The first-order chi connectivity index (χ1) is 11.2. The van der Waals surface area contributed by atoms with Gasteiger partial charge in [-0.05, 0) is 38.3 Å². The number of para-hydroxylation sites is 2. The van der Waals surface area contributed by atoms with Crippen LogP contribution in [-0.2, 0) is 4.79 Å². The van der Waals surface area contributed by atoms with Crippen LogP contribution in [0.5, 0.6) is 11.5 Å². The summed E-state index contributed by atoms with van der Waals surface area (Å²) >= 11 is 0. The van der Waals surface area contributed by atoms with Gasteiger partial charge < -0.3 is 20.5 Å². The number of hydrogen-bond acceptors (Lipinski definition) is 4. The third kappa shape index (κ3) is 5.87. The van der Waals surface area contributed by atoms with E-state index in [9.17, 15) is 4.79 Å². The summed E-state index contributed by atoms with van der Waals surface area (Å²) in [5.74, 6) is 1.54. The molecule has 0 spiro atoms. The summed E-state index contributed by atoms with van der Waals surface area (Å²) in [6.07, 6.45) is 5.41. The third-order valence-electron chi connectivity index (χ3n) is 4.31. The van der Waals surface area contributed by atoms with Crippen molar-refractivity contribution in [1.82, 2.24) is 5.32 Å². The minimum absolute atomic E-state index is 0. The van der Waals surface area contributed by atoms with E-state index in [1.165, 1.54) is 0 Å². The molecule has 0 atom stereocenters. The van der Waals surface area contributed by atoms with E-state index in [4.69, 9.17) is 15.2 Å². The van der Waals surface area contributed by atoms with Crippen molar-refractivity contribution in [3.63, 3.8) is 0 Å². The number of carbonyl (C=O) groups is 1. The lowest BCUT2D eigenvalue weighted by atomic mass is 9.97. The number of nitrogens with two attached hydrogens (primary N) is 1. The Hall–Kier alpha value is -1.46.